The van der Waals surface area contributed by atoms with Crippen molar-refractivity contribution in [3.05, 3.63) is 0 Å². The van der Waals surface area contributed by atoms with Crippen LogP contribution in [-0.4, -0.2) is 49.8 Å². The fraction of sp³-hybridized carbons (Fsp3) is 1.00. The second kappa shape index (κ2) is 6.88. The van der Waals surface area contributed by atoms with Crippen LogP contribution in [0.4, 0.5) is 0 Å². The molecule has 2 saturated heterocycles. The summed E-state index contributed by atoms with van der Waals surface area (Å²) in [5.41, 5.74) is 0. The third-order valence-electron chi connectivity index (χ3n) is 4.51. The van der Waals surface area contributed by atoms with Crippen molar-refractivity contribution >= 4 is 0 Å². The molecule has 0 radical (unpaired) electrons. The van der Waals surface area contributed by atoms with Gasteiger partial charge in [-0.3, -0.25) is 4.90 Å². The molecular weight excluding hydrogens is 224 g/mol. The molecule has 3 nitrogen and oxygen atoms in total. The van der Waals surface area contributed by atoms with Crippen molar-refractivity contribution < 1.29 is 4.74 Å². The summed E-state index contributed by atoms with van der Waals surface area (Å²) in [7, 11) is 0. The number of ether oxygens (including phenoxy) is 1. The summed E-state index contributed by atoms with van der Waals surface area (Å²) in [6.45, 7) is 12.4. The molecule has 0 aromatic carbocycles. The lowest BCUT2D eigenvalue weighted by molar-refractivity contribution is 0.148. The Morgan fingerprint density at radius 2 is 2.17 bits per heavy atom. The van der Waals surface area contributed by atoms with Crippen LogP contribution in [0.3, 0.4) is 0 Å². The van der Waals surface area contributed by atoms with Crippen LogP contribution in [0.5, 0.6) is 0 Å². The van der Waals surface area contributed by atoms with Gasteiger partial charge in [-0.2, -0.15) is 0 Å². The molecule has 0 aromatic heterocycles. The maximum absolute atomic E-state index is 5.68. The smallest absolute Gasteiger partial charge is 0.0623 e. The summed E-state index contributed by atoms with van der Waals surface area (Å²) in [6.07, 6.45) is 3.98. The van der Waals surface area contributed by atoms with Crippen LogP contribution >= 0.6 is 0 Å². The van der Waals surface area contributed by atoms with E-state index in [-0.39, 0.29) is 0 Å². The van der Waals surface area contributed by atoms with Gasteiger partial charge < -0.3 is 10.1 Å². The standard InChI is InChI=1S/C15H30N2O/c1-4-7-16-14-11-18-10-13(14)9-17-8-5-6-15(17)12(2)3/h12-16H,4-11H2,1-3H3. The van der Waals surface area contributed by atoms with Crippen molar-refractivity contribution in [1.29, 1.82) is 0 Å². The summed E-state index contributed by atoms with van der Waals surface area (Å²) < 4.78 is 5.68. The Kier molecular flexibility index (Phi) is 5.46. The number of rotatable bonds is 6. The Morgan fingerprint density at radius 1 is 1.33 bits per heavy atom. The van der Waals surface area contributed by atoms with Gasteiger partial charge in [-0.1, -0.05) is 20.8 Å². The summed E-state index contributed by atoms with van der Waals surface area (Å²) in [5.74, 6) is 1.48. The van der Waals surface area contributed by atoms with Crippen LogP contribution in [0.2, 0.25) is 0 Å². The molecule has 0 spiro atoms. The van der Waals surface area contributed by atoms with Crippen molar-refractivity contribution in [1.82, 2.24) is 10.2 Å². The molecule has 2 fully saturated rings. The lowest BCUT2D eigenvalue weighted by Gasteiger charge is -2.31. The van der Waals surface area contributed by atoms with Crippen LogP contribution in [0.15, 0.2) is 0 Å². The second-order valence-corrected chi connectivity index (χ2v) is 6.31. The highest BCUT2D eigenvalue weighted by atomic mass is 16.5. The molecule has 2 rings (SSSR count). The highest BCUT2D eigenvalue weighted by Crippen LogP contribution is 2.26. The number of nitrogens with one attached hydrogen (secondary N) is 1. The zero-order chi connectivity index (χ0) is 13.0. The van der Waals surface area contributed by atoms with Crippen LogP contribution in [0.1, 0.15) is 40.0 Å². The van der Waals surface area contributed by atoms with Gasteiger partial charge in [0.1, 0.15) is 0 Å². The van der Waals surface area contributed by atoms with Crippen molar-refractivity contribution in [3.63, 3.8) is 0 Å². The minimum atomic E-state index is 0.582. The van der Waals surface area contributed by atoms with Gasteiger partial charge >= 0.3 is 0 Å². The first kappa shape index (κ1) is 14.3. The Hall–Kier alpha value is -0.120. The Labute approximate surface area is 112 Å². The topological polar surface area (TPSA) is 24.5 Å². The molecular formula is C15H30N2O. The first-order chi connectivity index (χ1) is 8.72. The predicted molar refractivity (Wildman–Crippen MR) is 75.8 cm³/mol. The van der Waals surface area contributed by atoms with E-state index in [0.29, 0.717) is 12.0 Å². The normalized spacial score (nSPS) is 33.7. The van der Waals surface area contributed by atoms with E-state index in [4.69, 9.17) is 4.74 Å². The molecule has 0 aromatic rings. The van der Waals surface area contributed by atoms with Gasteiger partial charge in [0, 0.05) is 24.5 Å². The number of nitrogens with zero attached hydrogens (tertiary/aromatic N) is 1. The van der Waals surface area contributed by atoms with Crippen LogP contribution in [0, 0.1) is 11.8 Å². The third-order valence-corrected chi connectivity index (χ3v) is 4.51. The fourth-order valence-corrected chi connectivity index (χ4v) is 3.47. The molecule has 18 heavy (non-hydrogen) atoms. The van der Waals surface area contributed by atoms with Gasteiger partial charge in [-0.05, 0) is 38.3 Å². The van der Waals surface area contributed by atoms with Crippen molar-refractivity contribution in [2.75, 3.05) is 32.8 Å². The molecule has 3 unspecified atom stereocenters. The van der Waals surface area contributed by atoms with E-state index in [0.717, 1.165) is 31.7 Å². The van der Waals surface area contributed by atoms with Gasteiger partial charge in [0.05, 0.1) is 13.2 Å². The Morgan fingerprint density at radius 3 is 2.89 bits per heavy atom. The highest BCUT2D eigenvalue weighted by molar-refractivity contribution is 4.88. The van der Waals surface area contributed by atoms with Crippen molar-refractivity contribution in [2.24, 2.45) is 11.8 Å². The Bertz CT molecular complexity index is 245. The predicted octanol–water partition coefficient (Wildman–Crippen LogP) is 2.12. The average molecular weight is 254 g/mol. The van der Waals surface area contributed by atoms with E-state index < -0.39 is 0 Å². The van der Waals surface area contributed by atoms with Gasteiger partial charge in [0.2, 0.25) is 0 Å². The SMILES string of the molecule is CCCNC1COCC1CN1CCCC1C(C)C. The summed E-state index contributed by atoms with van der Waals surface area (Å²) in [4.78, 5) is 2.71. The maximum atomic E-state index is 5.68. The van der Waals surface area contributed by atoms with E-state index in [9.17, 15) is 0 Å². The molecule has 2 aliphatic heterocycles. The van der Waals surface area contributed by atoms with Crippen LogP contribution < -0.4 is 5.32 Å². The lowest BCUT2D eigenvalue weighted by Crippen LogP contribution is -2.44. The summed E-state index contributed by atoms with van der Waals surface area (Å²) in [5, 5.41) is 3.65. The first-order valence-electron chi connectivity index (χ1n) is 7.77. The van der Waals surface area contributed by atoms with Crippen molar-refractivity contribution in [3.8, 4) is 0 Å². The van der Waals surface area contributed by atoms with E-state index in [1.54, 1.807) is 0 Å². The molecule has 3 atom stereocenters. The largest absolute Gasteiger partial charge is 0.379 e. The van der Waals surface area contributed by atoms with E-state index in [1.807, 2.05) is 0 Å². The van der Waals surface area contributed by atoms with E-state index in [1.165, 1.54) is 32.4 Å². The van der Waals surface area contributed by atoms with Gasteiger partial charge in [-0.25, -0.2) is 0 Å². The molecule has 0 aliphatic carbocycles. The molecule has 0 bridgehead atoms. The molecule has 0 amide bonds. The molecule has 1 N–H and O–H groups in total. The number of hydrogen-bond acceptors (Lipinski definition) is 3. The van der Waals surface area contributed by atoms with Gasteiger partial charge in [0.25, 0.3) is 0 Å². The highest BCUT2D eigenvalue weighted by Gasteiger charge is 2.34. The van der Waals surface area contributed by atoms with Crippen LogP contribution in [-0.2, 0) is 4.74 Å². The molecule has 3 heteroatoms. The fourth-order valence-electron chi connectivity index (χ4n) is 3.47. The monoisotopic (exact) mass is 254 g/mol. The van der Waals surface area contributed by atoms with E-state index in [2.05, 4.69) is 31.0 Å². The zero-order valence-electron chi connectivity index (χ0n) is 12.3. The first-order valence-corrected chi connectivity index (χ1v) is 7.77. The second-order valence-electron chi connectivity index (χ2n) is 6.31. The van der Waals surface area contributed by atoms with E-state index >= 15 is 0 Å². The minimum absolute atomic E-state index is 0.582. The van der Waals surface area contributed by atoms with Crippen molar-refractivity contribution in [2.45, 2.75) is 52.1 Å². The average Bonchev–Trinajstić information content (AvgIpc) is 2.96. The molecule has 2 heterocycles. The lowest BCUT2D eigenvalue weighted by atomic mass is 9.98. The molecule has 2 aliphatic rings. The minimum Gasteiger partial charge on any atom is -0.379 e. The van der Waals surface area contributed by atoms with Gasteiger partial charge in [0.15, 0.2) is 0 Å². The quantitative estimate of drug-likeness (QED) is 0.786. The molecule has 0 saturated carbocycles. The zero-order valence-corrected chi connectivity index (χ0v) is 12.3. The summed E-state index contributed by atoms with van der Waals surface area (Å²) >= 11 is 0. The third kappa shape index (κ3) is 3.46. The number of hydrogen-bond donors (Lipinski definition) is 1. The molecule has 106 valence electrons. The van der Waals surface area contributed by atoms with Crippen LogP contribution in [0.25, 0.3) is 0 Å². The Balaban J connectivity index is 1.83. The number of likely N-dealkylation sites (tertiary alicyclic amines) is 1. The summed E-state index contributed by atoms with van der Waals surface area (Å²) in [6, 6.07) is 1.38. The maximum Gasteiger partial charge on any atom is 0.0623 e. The van der Waals surface area contributed by atoms with Gasteiger partial charge in [-0.15, -0.1) is 0 Å².